The van der Waals surface area contributed by atoms with Gasteiger partial charge in [0.05, 0.1) is 4.90 Å². The van der Waals surface area contributed by atoms with Gasteiger partial charge in [0.15, 0.2) is 5.76 Å². The molecule has 0 unspecified atom stereocenters. The summed E-state index contributed by atoms with van der Waals surface area (Å²) in [6, 6.07) is 19.7. The topological polar surface area (TPSA) is 88.0 Å². The lowest BCUT2D eigenvalue weighted by Gasteiger charge is -2.04. The van der Waals surface area contributed by atoms with Crippen molar-refractivity contribution in [2.24, 2.45) is 0 Å². The molecule has 27 heavy (non-hydrogen) atoms. The monoisotopic (exact) mass is 395 g/mol. The van der Waals surface area contributed by atoms with Crippen LogP contribution in [0.15, 0.2) is 76.0 Å². The van der Waals surface area contributed by atoms with E-state index in [-0.39, 0.29) is 4.90 Å². The first-order valence-corrected chi connectivity index (χ1v) is 10.4. The number of nitrogens with zero attached hydrogens (tertiary/aromatic N) is 1. The number of aromatic nitrogens is 2. The first kappa shape index (κ1) is 16.1. The molecule has 3 aromatic heterocycles. The number of hydrogen-bond acceptors (Lipinski definition) is 5. The maximum Gasteiger partial charge on any atom is 0.262 e. The molecule has 0 radical (unpaired) electrons. The third-order valence-corrected chi connectivity index (χ3v) is 6.67. The molecule has 0 aliphatic rings. The molecule has 0 amide bonds. The highest BCUT2D eigenvalue weighted by Crippen LogP contribution is 2.37. The molecule has 0 aliphatic carbocycles. The van der Waals surface area contributed by atoms with Gasteiger partial charge in [-0.15, -0.1) is 0 Å². The Labute approximate surface area is 158 Å². The van der Waals surface area contributed by atoms with Gasteiger partial charge in [-0.25, -0.2) is 8.42 Å². The normalized spacial score (nSPS) is 12.0. The Balaban J connectivity index is 1.54. The highest BCUT2D eigenvalue weighted by molar-refractivity contribution is 7.93. The van der Waals surface area contributed by atoms with Gasteiger partial charge in [0.25, 0.3) is 10.0 Å². The van der Waals surface area contributed by atoms with Crippen LogP contribution in [0.5, 0.6) is 0 Å². The first-order chi connectivity index (χ1) is 13.1. The molecular formula is C19H13N3O3S2. The number of anilines is 1. The Morgan fingerprint density at radius 3 is 2.59 bits per heavy atom. The standard InChI is InChI=1S/C19H13N3O3S2/c23-27(24,13-7-2-1-3-8-13)22-17-11-14-18(20-21-19(14)26-17)16-10-12-6-4-5-9-15(12)25-16/h1-11,22H,(H,20,21). The molecule has 0 atom stereocenters. The number of thiophene rings is 1. The van der Waals surface area contributed by atoms with Gasteiger partial charge in [0, 0.05) is 10.8 Å². The second-order valence-corrected chi connectivity index (χ2v) is 8.73. The number of aromatic amines is 1. The third kappa shape index (κ3) is 2.79. The van der Waals surface area contributed by atoms with Crippen LogP contribution in [-0.2, 0) is 10.0 Å². The molecule has 5 rings (SSSR count). The number of fused-ring (bicyclic) bond motifs is 2. The van der Waals surface area contributed by atoms with E-state index < -0.39 is 10.0 Å². The molecule has 8 heteroatoms. The molecule has 6 nitrogen and oxygen atoms in total. The van der Waals surface area contributed by atoms with Crippen LogP contribution in [-0.4, -0.2) is 18.6 Å². The second-order valence-electron chi connectivity index (χ2n) is 5.99. The van der Waals surface area contributed by atoms with E-state index in [2.05, 4.69) is 14.9 Å². The van der Waals surface area contributed by atoms with Crippen LogP contribution >= 0.6 is 11.3 Å². The van der Waals surface area contributed by atoms with Gasteiger partial charge in [-0.2, -0.15) is 5.10 Å². The van der Waals surface area contributed by atoms with E-state index in [1.807, 2.05) is 30.3 Å². The fourth-order valence-electron chi connectivity index (χ4n) is 2.94. The summed E-state index contributed by atoms with van der Waals surface area (Å²) < 4.78 is 33.6. The second kappa shape index (κ2) is 5.97. The predicted molar refractivity (Wildman–Crippen MR) is 106 cm³/mol. The minimum atomic E-state index is -3.63. The number of furan rings is 1. The average molecular weight is 395 g/mol. The smallest absolute Gasteiger partial charge is 0.262 e. The van der Waals surface area contributed by atoms with Gasteiger partial charge in [0.2, 0.25) is 0 Å². The van der Waals surface area contributed by atoms with Crippen LogP contribution in [0.4, 0.5) is 5.00 Å². The van der Waals surface area contributed by atoms with Gasteiger partial charge >= 0.3 is 0 Å². The van der Waals surface area contributed by atoms with Gasteiger partial charge in [-0.3, -0.25) is 9.82 Å². The fraction of sp³-hybridized carbons (Fsp3) is 0. The number of H-pyrrole nitrogens is 1. The quantitative estimate of drug-likeness (QED) is 0.456. The van der Waals surface area contributed by atoms with Gasteiger partial charge in [-0.05, 0) is 30.3 Å². The summed E-state index contributed by atoms with van der Waals surface area (Å²) in [5, 5.41) is 9.60. The van der Waals surface area contributed by atoms with E-state index in [4.69, 9.17) is 4.42 Å². The predicted octanol–water partition coefficient (Wildman–Crippen LogP) is 4.84. The summed E-state index contributed by atoms with van der Waals surface area (Å²) in [5.74, 6) is 0.637. The van der Waals surface area contributed by atoms with Crippen molar-refractivity contribution in [2.75, 3.05) is 4.72 Å². The molecule has 0 spiro atoms. The zero-order chi connectivity index (χ0) is 18.4. The van der Waals surface area contributed by atoms with E-state index in [0.717, 1.165) is 21.2 Å². The van der Waals surface area contributed by atoms with Crippen LogP contribution in [0.3, 0.4) is 0 Å². The Bertz CT molecular complexity index is 1330. The SMILES string of the molecule is O=S(=O)(Nc1cc2c(-c3cc4ccccc4o3)n[nH]c2s1)c1ccccc1. The Hall–Kier alpha value is -3.10. The number of para-hydroxylation sites is 1. The molecule has 0 bridgehead atoms. The van der Waals surface area contributed by atoms with Crippen molar-refractivity contribution in [3.63, 3.8) is 0 Å². The number of rotatable bonds is 4. The number of benzene rings is 2. The van der Waals surface area contributed by atoms with Crippen molar-refractivity contribution >= 4 is 47.5 Å². The van der Waals surface area contributed by atoms with Crippen LogP contribution in [0.25, 0.3) is 32.6 Å². The summed E-state index contributed by atoms with van der Waals surface area (Å²) >= 11 is 1.29. The summed E-state index contributed by atoms with van der Waals surface area (Å²) in [7, 11) is -3.63. The van der Waals surface area contributed by atoms with Crippen molar-refractivity contribution in [3.05, 3.63) is 66.7 Å². The van der Waals surface area contributed by atoms with Gasteiger partial charge < -0.3 is 4.42 Å². The minimum Gasteiger partial charge on any atom is -0.454 e. The number of hydrogen-bond donors (Lipinski definition) is 2. The van der Waals surface area contributed by atoms with Crippen molar-refractivity contribution in [2.45, 2.75) is 4.90 Å². The highest BCUT2D eigenvalue weighted by atomic mass is 32.2. The third-order valence-electron chi connectivity index (χ3n) is 4.20. The Kier molecular flexibility index (Phi) is 3.56. The van der Waals surface area contributed by atoms with Gasteiger partial charge in [0.1, 0.15) is 21.1 Å². The van der Waals surface area contributed by atoms with E-state index in [9.17, 15) is 8.42 Å². The van der Waals surface area contributed by atoms with E-state index in [1.54, 1.807) is 36.4 Å². The lowest BCUT2D eigenvalue weighted by molar-refractivity contribution is 0.601. The molecule has 0 fully saturated rings. The first-order valence-electron chi connectivity index (χ1n) is 8.15. The van der Waals surface area contributed by atoms with Crippen LogP contribution < -0.4 is 4.72 Å². The van der Waals surface area contributed by atoms with Gasteiger partial charge in [-0.1, -0.05) is 47.7 Å². The lowest BCUT2D eigenvalue weighted by Crippen LogP contribution is -2.11. The van der Waals surface area contributed by atoms with E-state index in [0.29, 0.717) is 16.5 Å². The van der Waals surface area contributed by atoms with E-state index >= 15 is 0 Å². The van der Waals surface area contributed by atoms with Crippen LogP contribution in [0.2, 0.25) is 0 Å². The van der Waals surface area contributed by atoms with Crippen molar-refractivity contribution in [1.82, 2.24) is 10.2 Å². The average Bonchev–Trinajstić information content (AvgIpc) is 3.35. The molecule has 3 heterocycles. The molecule has 0 aliphatic heterocycles. The number of nitrogens with one attached hydrogen (secondary N) is 2. The maximum absolute atomic E-state index is 12.5. The molecule has 5 aromatic rings. The number of sulfonamides is 1. The molecule has 2 aromatic carbocycles. The zero-order valence-corrected chi connectivity index (χ0v) is 15.5. The molecule has 134 valence electrons. The minimum absolute atomic E-state index is 0.220. The van der Waals surface area contributed by atoms with Crippen LogP contribution in [0.1, 0.15) is 0 Å². The van der Waals surface area contributed by atoms with Crippen molar-refractivity contribution < 1.29 is 12.8 Å². The molecular weight excluding hydrogens is 382 g/mol. The fourth-order valence-corrected chi connectivity index (χ4v) is 5.15. The zero-order valence-electron chi connectivity index (χ0n) is 13.8. The van der Waals surface area contributed by atoms with Crippen molar-refractivity contribution in [3.8, 4) is 11.5 Å². The molecule has 2 N–H and O–H groups in total. The lowest BCUT2D eigenvalue weighted by atomic mass is 10.2. The van der Waals surface area contributed by atoms with Crippen molar-refractivity contribution in [1.29, 1.82) is 0 Å². The Morgan fingerprint density at radius 1 is 1.00 bits per heavy atom. The summed E-state index contributed by atoms with van der Waals surface area (Å²) in [5.41, 5.74) is 1.44. The Morgan fingerprint density at radius 2 is 1.78 bits per heavy atom. The maximum atomic E-state index is 12.5. The summed E-state index contributed by atoms with van der Waals surface area (Å²) in [6.07, 6.45) is 0. The molecule has 0 saturated carbocycles. The highest BCUT2D eigenvalue weighted by Gasteiger charge is 2.19. The summed E-state index contributed by atoms with van der Waals surface area (Å²) in [6.45, 7) is 0. The summed E-state index contributed by atoms with van der Waals surface area (Å²) in [4.78, 5) is 0.994. The van der Waals surface area contributed by atoms with E-state index in [1.165, 1.54) is 11.3 Å². The molecule has 0 saturated heterocycles. The van der Waals surface area contributed by atoms with Crippen LogP contribution in [0, 0.1) is 0 Å². The largest absolute Gasteiger partial charge is 0.454 e.